The maximum atomic E-state index is 12.9. The number of nitrogens with zero attached hydrogens (tertiary/aromatic N) is 2. The molecule has 2 aromatic rings. The normalized spacial score (nSPS) is 17.6. The minimum atomic E-state index is 0.0380. The number of carbonyl (C=O) groups excluding carboxylic acids is 1. The van der Waals surface area contributed by atoms with E-state index in [0.29, 0.717) is 11.3 Å². The predicted octanol–water partition coefficient (Wildman–Crippen LogP) is 3.18. The van der Waals surface area contributed by atoms with Crippen LogP contribution in [0.15, 0.2) is 23.7 Å². The number of aryl methyl sites for hydroxylation is 1. The van der Waals surface area contributed by atoms with E-state index in [-0.39, 0.29) is 11.9 Å². The van der Waals surface area contributed by atoms with Crippen molar-refractivity contribution in [3.8, 4) is 0 Å². The molecule has 0 aromatic carbocycles. The van der Waals surface area contributed by atoms with Gasteiger partial charge in [0.05, 0.1) is 29.2 Å². The van der Waals surface area contributed by atoms with Gasteiger partial charge in [0.15, 0.2) is 0 Å². The van der Waals surface area contributed by atoms with E-state index >= 15 is 0 Å². The molecule has 4 nitrogen and oxygen atoms in total. The maximum absolute atomic E-state index is 12.9. The van der Waals surface area contributed by atoms with Crippen LogP contribution in [0.4, 0.5) is 5.69 Å². The van der Waals surface area contributed by atoms with E-state index in [2.05, 4.69) is 23.4 Å². The Labute approximate surface area is 128 Å². The lowest BCUT2D eigenvalue weighted by molar-refractivity contribution is 0.0656. The highest BCUT2D eigenvalue weighted by molar-refractivity contribution is 7.10. The van der Waals surface area contributed by atoms with Crippen molar-refractivity contribution in [3.05, 3.63) is 45.4 Å². The number of nitrogen functional groups attached to an aromatic ring is 1. The third kappa shape index (κ3) is 2.42. The van der Waals surface area contributed by atoms with Gasteiger partial charge in [-0.05, 0) is 42.8 Å². The quantitative estimate of drug-likeness (QED) is 0.926. The van der Waals surface area contributed by atoms with Crippen molar-refractivity contribution in [1.29, 1.82) is 0 Å². The number of hydrogen-bond acceptors (Lipinski definition) is 4. The van der Waals surface area contributed by atoms with Gasteiger partial charge in [0.2, 0.25) is 0 Å². The summed E-state index contributed by atoms with van der Waals surface area (Å²) in [5.74, 6) is 0.0380. The first kappa shape index (κ1) is 14.1. The second-order valence-corrected chi connectivity index (χ2v) is 6.37. The summed E-state index contributed by atoms with van der Waals surface area (Å²) in [6.45, 7) is 4.74. The van der Waals surface area contributed by atoms with Gasteiger partial charge in [-0.25, -0.2) is 0 Å². The highest BCUT2D eigenvalue weighted by Gasteiger charge is 2.31. The highest BCUT2D eigenvalue weighted by Crippen LogP contribution is 2.36. The number of pyridine rings is 1. The topological polar surface area (TPSA) is 59.2 Å². The molecule has 0 saturated carbocycles. The van der Waals surface area contributed by atoms with Crippen LogP contribution in [0.25, 0.3) is 0 Å². The molecule has 2 N–H and O–H groups in total. The number of nitrogens with two attached hydrogens (primary N) is 1. The van der Waals surface area contributed by atoms with Crippen LogP contribution in [0.5, 0.6) is 0 Å². The average Bonchev–Trinajstić information content (AvgIpc) is 2.96. The lowest BCUT2D eigenvalue weighted by Crippen LogP contribution is -2.39. The molecule has 1 aliphatic rings. The lowest BCUT2D eigenvalue weighted by Gasteiger charge is -2.35. The smallest absolute Gasteiger partial charge is 0.256 e. The number of carbonyl (C=O) groups is 1. The summed E-state index contributed by atoms with van der Waals surface area (Å²) in [7, 11) is 0. The standard InChI is InChI=1S/C16H19N3OS/c1-3-14-12-5-7-21-15(12)4-6-19(14)16(20)13-8-11(17)9-18-10(13)2/h5,7-9,14H,3-4,6,17H2,1-2H3. The zero-order chi connectivity index (χ0) is 15.0. The summed E-state index contributed by atoms with van der Waals surface area (Å²) in [5.41, 5.74) is 8.98. The Balaban J connectivity index is 1.96. The van der Waals surface area contributed by atoms with Gasteiger partial charge in [-0.2, -0.15) is 0 Å². The van der Waals surface area contributed by atoms with E-state index in [1.165, 1.54) is 10.4 Å². The number of anilines is 1. The molecule has 2 aromatic heterocycles. The Bertz CT molecular complexity index is 680. The van der Waals surface area contributed by atoms with Crippen molar-refractivity contribution in [2.75, 3.05) is 12.3 Å². The molecule has 21 heavy (non-hydrogen) atoms. The monoisotopic (exact) mass is 301 g/mol. The lowest BCUT2D eigenvalue weighted by atomic mass is 9.96. The predicted molar refractivity (Wildman–Crippen MR) is 85.5 cm³/mol. The molecule has 0 aliphatic carbocycles. The van der Waals surface area contributed by atoms with Crippen molar-refractivity contribution < 1.29 is 4.79 Å². The number of rotatable bonds is 2. The Hall–Kier alpha value is -1.88. The Morgan fingerprint density at radius 2 is 2.38 bits per heavy atom. The fourth-order valence-electron chi connectivity index (χ4n) is 3.00. The summed E-state index contributed by atoms with van der Waals surface area (Å²) in [6, 6.07) is 4.05. The summed E-state index contributed by atoms with van der Waals surface area (Å²) in [4.78, 5) is 20.5. The minimum Gasteiger partial charge on any atom is -0.397 e. The number of hydrogen-bond donors (Lipinski definition) is 1. The van der Waals surface area contributed by atoms with E-state index in [1.807, 2.05) is 11.8 Å². The second-order valence-electron chi connectivity index (χ2n) is 5.37. The largest absolute Gasteiger partial charge is 0.397 e. The molecule has 3 heterocycles. The highest BCUT2D eigenvalue weighted by atomic mass is 32.1. The van der Waals surface area contributed by atoms with Crippen molar-refractivity contribution >= 4 is 22.9 Å². The Kier molecular flexibility index (Phi) is 3.68. The summed E-state index contributed by atoms with van der Waals surface area (Å²) in [6.07, 6.45) is 3.45. The van der Waals surface area contributed by atoms with Crippen LogP contribution < -0.4 is 5.73 Å². The van der Waals surface area contributed by atoms with Crippen LogP contribution in [0.3, 0.4) is 0 Å². The maximum Gasteiger partial charge on any atom is 0.256 e. The number of thiophene rings is 1. The first-order valence-corrected chi connectivity index (χ1v) is 8.09. The molecule has 3 rings (SSSR count). The van der Waals surface area contributed by atoms with Gasteiger partial charge < -0.3 is 10.6 Å². The molecule has 1 aliphatic heterocycles. The first-order valence-electron chi connectivity index (χ1n) is 7.21. The average molecular weight is 301 g/mol. The van der Waals surface area contributed by atoms with Crippen LogP contribution >= 0.6 is 11.3 Å². The van der Waals surface area contributed by atoms with E-state index in [9.17, 15) is 4.79 Å². The van der Waals surface area contributed by atoms with Crippen LogP contribution in [0.2, 0.25) is 0 Å². The summed E-state index contributed by atoms with van der Waals surface area (Å²) < 4.78 is 0. The summed E-state index contributed by atoms with van der Waals surface area (Å²) in [5, 5.41) is 2.12. The molecule has 0 bridgehead atoms. The van der Waals surface area contributed by atoms with Crippen LogP contribution in [0, 0.1) is 6.92 Å². The molecule has 0 spiro atoms. The zero-order valence-corrected chi connectivity index (χ0v) is 13.1. The van der Waals surface area contributed by atoms with E-state index in [0.717, 1.165) is 25.1 Å². The fourth-order valence-corrected chi connectivity index (χ4v) is 3.93. The minimum absolute atomic E-state index is 0.0380. The van der Waals surface area contributed by atoms with Crippen molar-refractivity contribution in [1.82, 2.24) is 9.88 Å². The van der Waals surface area contributed by atoms with E-state index < -0.39 is 0 Å². The van der Waals surface area contributed by atoms with Crippen molar-refractivity contribution in [2.45, 2.75) is 32.7 Å². The molecule has 0 fully saturated rings. The molecule has 1 unspecified atom stereocenters. The van der Waals surface area contributed by atoms with Gasteiger partial charge in [0, 0.05) is 11.4 Å². The number of aromatic nitrogens is 1. The molecule has 0 saturated heterocycles. The van der Waals surface area contributed by atoms with Crippen LogP contribution in [-0.4, -0.2) is 22.3 Å². The molecule has 0 radical (unpaired) electrons. The first-order chi connectivity index (χ1) is 10.1. The molecular formula is C16H19N3OS. The molecular weight excluding hydrogens is 282 g/mol. The van der Waals surface area contributed by atoms with E-state index in [4.69, 9.17) is 5.73 Å². The number of amides is 1. The summed E-state index contributed by atoms with van der Waals surface area (Å²) >= 11 is 1.79. The van der Waals surface area contributed by atoms with Gasteiger partial charge in [0.1, 0.15) is 0 Å². The second kappa shape index (κ2) is 5.48. The third-order valence-corrected chi connectivity index (χ3v) is 5.08. The van der Waals surface area contributed by atoms with Gasteiger partial charge in [-0.3, -0.25) is 9.78 Å². The van der Waals surface area contributed by atoms with Crippen molar-refractivity contribution in [2.24, 2.45) is 0 Å². The molecule has 5 heteroatoms. The van der Waals surface area contributed by atoms with Crippen LogP contribution in [-0.2, 0) is 6.42 Å². The molecule has 1 atom stereocenters. The Morgan fingerprint density at radius 1 is 1.57 bits per heavy atom. The van der Waals surface area contributed by atoms with Gasteiger partial charge in [-0.1, -0.05) is 6.92 Å². The fraction of sp³-hybridized carbons (Fsp3) is 0.375. The van der Waals surface area contributed by atoms with Gasteiger partial charge in [-0.15, -0.1) is 11.3 Å². The molecule has 1 amide bonds. The number of fused-ring (bicyclic) bond motifs is 1. The third-order valence-electron chi connectivity index (χ3n) is 4.08. The van der Waals surface area contributed by atoms with Gasteiger partial charge >= 0.3 is 0 Å². The molecule has 110 valence electrons. The van der Waals surface area contributed by atoms with E-state index in [1.54, 1.807) is 23.6 Å². The Morgan fingerprint density at radius 3 is 3.14 bits per heavy atom. The van der Waals surface area contributed by atoms with Crippen molar-refractivity contribution in [3.63, 3.8) is 0 Å². The SMILES string of the molecule is CCC1c2ccsc2CCN1C(=O)c1cc(N)cnc1C. The van der Waals surface area contributed by atoms with Gasteiger partial charge in [0.25, 0.3) is 5.91 Å². The van der Waals surface area contributed by atoms with Crippen LogP contribution in [0.1, 0.15) is 45.9 Å². The zero-order valence-electron chi connectivity index (χ0n) is 12.3.